The molecule has 0 saturated carbocycles. The van der Waals surface area contributed by atoms with Crippen molar-refractivity contribution in [2.24, 2.45) is 0 Å². The molecule has 4 heterocycles. The summed E-state index contributed by atoms with van der Waals surface area (Å²) in [7, 11) is 0. The van der Waals surface area contributed by atoms with Crippen LogP contribution in [0.1, 0.15) is 29.6 Å². The first-order valence-corrected chi connectivity index (χ1v) is 10.7. The Labute approximate surface area is 172 Å². The fourth-order valence-electron chi connectivity index (χ4n) is 3.75. The molecule has 1 saturated heterocycles. The number of amides is 1. The third-order valence-corrected chi connectivity index (χ3v) is 6.06. The molecule has 1 aliphatic rings. The zero-order valence-electron chi connectivity index (χ0n) is 15.9. The number of piperidine rings is 1. The van der Waals surface area contributed by atoms with Crippen molar-refractivity contribution in [2.45, 2.75) is 19.3 Å². The number of carbonyl (C=O) groups is 1. The van der Waals surface area contributed by atoms with E-state index in [-0.39, 0.29) is 5.91 Å². The van der Waals surface area contributed by atoms with Crippen molar-refractivity contribution in [2.75, 3.05) is 23.3 Å². The maximum atomic E-state index is 13.0. The van der Waals surface area contributed by atoms with Crippen LogP contribution < -0.4 is 10.2 Å². The number of carbonyl (C=O) groups excluding carboxylic acids is 1. The van der Waals surface area contributed by atoms with E-state index in [1.807, 2.05) is 47.8 Å². The molecule has 0 spiro atoms. The molecule has 4 aromatic rings. The van der Waals surface area contributed by atoms with Crippen molar-refractivity contribution in [3.8, 4) is 10.7 Å². The third kappa shape index (κ3) is 3.61. The van der Waals surface area contributed by atoms with Gasteiger partial charge in [-0.1, -0.05) is 6.07 Å². The Balaban J connectivity index is 1.40. The molecule has 0 unspecified atom stereocenters. The lowest BCUT2D eigenvalue weighted by atomic mass is 10.1. The number of aromatic amines is 1. The van der Waals surface area contributed by atoms with E-state index >= 15 is 0 Å². The SMILES string of the molecule is O=C(Nc1ccc2nc(-c3cccs3)[nH]c2c1)c1cccnc1N1CCCCC1. The fraction of sp³-hybridized carbons (Fsp3) is 0.227. The number of aromatic nitrogens is 3. The minimum atomic E-state index is -0.143. The van der Waals surface area contributed by atoms with Gasteiger partial charge in [-0.15, -0.1) is 11.3 Å². The summed E-state index contributed by atoms with van der Waals surface area (Å²) < 4.78 is 0. The summed E-state index contributed by atoms with van der Waals surface area (Å²) in [6.07, 6.45) is 5.27. The Bertz CT molecular complexity index is 1150. The lowest BCUT2D eigenvalue weighted by Crippen LogP contribution is -2.32. The number of hydrogen-bond acceptors (Lipinski definition) is 5. The highest BCUT2D eigenvalue weighted by molar-refractivity contribution is 7.13. The minimum Gasteiger partial charge on any atom is -0.356 e. The number of hydrogen-bond donors (Lipinski definition) is 2. The molecular formula is C22H21N5OS. The second-order valence-corrected chi connectivity index (χ2v) is 8.12. The van der Waals surface area contributed by atoms with Crippen LogP contribution in [0.5, 0.6) is 0 Å². The van der Waals surface area contributed by atoms with Gasteiger partial charge in [0.2, 0.25) is 0 Å². The highest BCUT2D eigenvalue weighted by atomic mass is 32.1. The van der Waals surface area contributed by atoms with Crippen LogP contribution in [-0.4, -0.2) is 33.9 Å². The van der Waals surface area contributed by atoms with Gasteiger partial charge in [0, 0.05) is 25.0 Å². The van der Waals surface area contributed by atoms with Gasteiger partial charge in [0.15, 0.2) is 0 Å². The van der Waals surface area contributed by atoms with Gasteiger partial charge >= 0.3 is 0 Å². The van der Waals surface area contributed by atoms with Crippen molar-refractivity contribution in [3.63, 3.8) is 0 Å². The van der Waals surface area contributed by atoms with E-state index in [9.17, 15) is 4.79 Å². The Morgan fingerprint density at radius 3 is 2.83 bits per heavy atom. The number of imidazole rings is 1. The second kappa shape index (κ2) is 7.67. The van der Waals surface area contributed by atoms with E-state index in [4.69, 9.17) is 0 Å². The number of nitrogens with one attached hydrogen (secondary N) is 2. The largest absolute Gasteiger partial charge is 0.356 e. The summed E-state index contributed by atoms with van der Waals surface area (Å²) in [6, 6.07) is 13.4. The molecule has 0 bridgehead atoms. The Hall–Kier alpha value is -3.19. The van der Waals surface area contributed by atoms with Crippen LogP contribution in [0.15, 0.2) is 54.0 Å². The Kier molecular flexibility index (Phi) is 4.73. The summed E-state index contributed by atoms with van der Waals surface area (Å²) in [5.74, 6) is 1.47. The molecule has 0 aliphatic carbocycles. The van der Waals surface area contributed by atoms with Crippen LogP contribution in [0.25, 0.3) is 21.7 Å². The van der Waals surface area contributed by atoms with E-state index in [0.29, 0.717) is 5.56 Å². The normalized spacial score (nSPS) is 14.3. The number of rotatable bonds is 4. The summed E-state index contributed by atoms with van der Waals surface area (Å²) in [5.41, 5.74) is 3.12. The first-order chi connectivity index (χ1) is 14.3. The quantitative estimate of drug-likeness (QED) is 0.507. The molecule has 2 N–H and O–H groups in total. The topological polar surface area (TPSA) is 73.9 Å². The maximum absolute atomic E-state index is 13.0. The van der Waals surface area contributed by atoms with Crippen molar-refractivity contribution < 1.29 is 4.79 Å². The molecule has 1 fully saturated rings. The van der Waals surface area contributed by atoms with E-state index in [1.165, 1.54) is 6.42 Å². The molecule has 1 aliphatic heterocycles. The highest BCUT2D eigenvalue weighted by Crippen LogP contribution is 2.27. The number of nitrogens with zero attached hydrogens (tertiary/aromatic N) is 3. The first kappa shape index (κ1) is 17.9. The Morgan fingerprint density at radius 1 is 1.10 bits per heavy atom. The minimum absolute atomic E-state index is 0.143. The van der Waals surface area contributed by atoms with Gasteiger partial charge in [-0.25, -0.2) is 9.97 Å². The molecule has 1 aromatic carbocycles. The van der Waals surface area contributed by atoms with Crippen LogP contribution in [0.3, 0.4) is 0 Å². The van der Waals surface area contributed by atoms with Crippen molar-refractivity contribution in [1.82, 2.24) is 15.0 Å². The predicted molar refractivity (Wildman–Crippen MR) is 118 cm³/mol. The summed E-state index contributed by atoms with van der Waals surface area (Å²) in [4.78, 5) is 28.8. The van der Waals surface area contributed by atoms with Crippen LogP contribution >= 0.6 is 11.3 Å². The Morgan fingerprint density at radius 2 is 2.00 bits per heavy atom. The number of benzene rings is 1. The maximum Gasteiger partial charge on any atom is 0.259 e. The summed E-state index contributed by atoms with van der Waals surface area (Å²) in [6.45, 7) is 1.89. The number of fused-ring (bicyclic) bond motifs is 1. The van der Waals surface area contributed by atoms with Gasteiger partial charge < -0.3 is 15.2 Å². The highest BCUT2D eigenvalue weighted by Gasteiger charge is 2.20. The molecule has 29 heavy (non-hydrogen) atoms. The average molecular weight is 404 g/mol. The number of anilines is 2. The zero-order valence-corrected chi connectivity index (χ0v) is 16.7. The molecular weight excluding hydrogens is 382 g/mol. The first-order valence-electron chi connectivity index (χ1n) is 9.83. The van der Waals surface area contributed by atoms with Gasteiger partial charge in [-0.05, 0) is 61.0 Å². The molecule has 7 heteroatoms. The smallest absolute Gasteiger partial charge is 0.259 e. The monoisotopic (exact) mass is 403 g/mol. The molecule has 0 radical (unpaired) electrons. The van der Waals surface area contributed by atoms with E-state index in [0.717, 1.165) is 59.2 Å². The van der Waals surface area contributed by atoms with Gasteiger partial charge in [0.1, 0.15) is 11.6 Å². The van der Waals surface area contributed by atoms with Gasteiger partial charge in [-0.3, -0.25) is 4.79 Å². The molecule has 1 amide bonds. The van der Waals surface area contributed by atoms with Crippen LogP contribution in [0.2, 0.25) is 0 Å². The molecule has 6 nitrogen and oxygen atoms in total. The lowest BCUT2D eigenvalue weighted by Gasteiger charge is -2.29. The number of thiophene rings is 1. The number of H-pyrrole nitrogens is 1. The molecule has 5 rings (SSSR count). The second-order valence-electron chi connectivity index (χ2n) is 7.17. The van der Waals surface area contributed by atoms with E-state index in [1.54, 1.807) is 17.5 Å². The molecule has 0 atom stereocenters. The fourth-order valence-corrected chi connectivity index (χ4v) is 4.42. The average Bonchev–Trinajstić information content (AvgIpc) is 3.44. The van der Waals surface area contributed by atoms with Crippen LogP contribution in [0, 0.1) is 0 Å². The third-order valence-electron chi connectivity index (χ3n) is 5.18. The van der Waals surface area contributed by atoms with E-state index in [2.05, 4.69) is 25.2 Å². The lowest BCUT2D eigenvalue weighted by molar-refractivity contribution is 0.102. The summed E-state index contributed by atoms with van der Waals surface area (Å²) >= 11 is 1.64. The van der Waals surface area contributed by atoms with Crippen LogP contribution in [-0.2, 0) is 0 Å². The van der Waals surface area contributed by atoms with Crippen LogP contribution in [0.4, 0.5) is 11.5 Å². The van der Waals surface area contributed by atoms with E-state index < -0.39 is 0 Å². The predicted octanol–water partition coefficient (Wildman–Crippen LogP) is 4.93. The van der Waals surface area contributed by atoms with Crippen molar-refractivity contribution >= 4 is 39.8 Å². The standard InChI is InChI=1S/C22H21N5OS/c28-22(16-6-4-10-23-21(16)27-11-2-1-3-12-27)24-15-8-9-17-18(14-15)26-20(25-17)19-7-5-13-29-19/h4-10,13-14H,1-3,11-12H2,(H,24,28)(H,25,26). The zero-order chi connectivity index (χ0) is 19.6. The van der Waals surface area contributed by atoms with Gasteiger partial charge in [0.05, 0.1) is 21.5 Å². The van der Waals surface area contributed by atoms with Gasteiger partial charge in [-0.2, -0.15) is 0 Å². The summed E-state index contributed by atoms with van der Waals surface area (Å²) in [5, 5.41) is 5.05. The van der Waals surface area contributed by atoms with Crippen molar-refractivity contribution in [1.29, 1.82) is 0 Å². The number of pyridine rings is 1. The molecule has 146 valence electrons. The molecule has 3 aromatic heterocycles. The van der Waals surface area contributed by atoms with Gasteiger partial charge in [0.25, 0.3) is 5.91 Å². The van der Waals surface area contributed by atoms with Crippen molar-refractivity contribution in [3.05, 3.63) is 59.6 Å².